The molecule has 2 rings (SSSR count). The molecule has 0 heterocycles. The quantitative estimate of drug-likeness (QED) is 0.426. The summed E-state index contributed by atoms with van der Waals surface area (Å²) in [5, 5.41) is 8.87. The Hall–Kier alpha value is -2.37. The molecule has 2 aromatic rings. The van der Waals surface area contributed by atoms with Crippen LogP contribution in [0.15, 0.2) is 48.5 Å². The SMILES string of the molecule is NNC(=O)c1ccccc1COc1ccc(CCO)cc1. The number of aliphatic hydroxyl groups is 1. The van der Waals surface area contributed by atoms with Crippen LogP contribution < -0.4 is 16.0 Å². The summed E-state index contributed by atoms with van der Waals surface area (Å²) < 4.78 is 5.68. The minimum Gasteiger partial charge on any atom is -0.489 e. The zero-order valence-corrected chi connectivity index (χ0v) is 11.6. The molecule has 0 spiro atoms. The van der Waals surface area contributed by atoms with Gasteiger partial charge < -0.3 is 9.84 Å². The molecule has 4 N–H and O–H groups in total. The van der Waals surface area contributed by atoms with Gasteiger partial charge >= 0.3 is 0 Å². The molecule has 2 aromatic carbocycles. The topological polar surface area (TPSA) is 84.6 Å². The molecular formula is C16H18N2O3. The Morgan fingerprint density at radius 2 is 1.86 bits per heavy atom. The second-order valence-electron chi connectivity index (χ2n) is 4.54. The number of amides is 1. The van der Waals surface area contributed by atoms with Crippen LogP contribution in [0.3, 0.4) is 0 Å². The van der Waals surface area contributed by atoms with Gasteiger partial charge in [-0.25, -0.2) is 5.84 Å². The Kier molecular flexibility index (Phi) is 5.31. The lowest BCUT2D eigenvalue weighted by atomic mass is 10.1. The van der Waals surface area contributed by atoms with Crippen molar-refractivity contribution in [2.24, 2.45) is 5.84 Å². The summed E-state index contributed by atoms with van der Waals surface area (Å²) in [6, 6.07) is 14.6. The number of rotatable bonds is 6. The number of nitrogens with two attached hydrogens (primary N) is 1. The molecule has 1 amide bonds. The highest BCUT2D eigenvalue weighted by molar-refractivity contribution is 5.95. The van der Waals surface area contributed by atoms with E-state index in [1.54, 1.807) is 12.1 Å². The maximum Gasteiger partial charge on any atom is 0.265 e. The van der Waals surface area contributed by atoms with Gasteiger partial charge in [-0.2, -0.15) is 0 Å². The van der Waals surface area contributed by atoms with E-state index in [1.165, 1.54) is 0 Å². The molecule has 0 fully saturated rings. The van der Waals surface area contributed by atoms with E-state index in [2.05, 4.69) is 5.43 Å². The van der Waals surface area contributed by atoms with Gasteiger partial charge in [-0.3, -0.25) is 10.2 Å². The first-order chi connectivity index (χ1) is 10.2. The summed E-state index contributed by atoms with van der Waals surface area (Å²) in [4.78, 5) is 11.6. The highest BCUT2D eigenvalue weighted by atomic mass is 16.5. The van der Waals surface area contributed by atoms with Crippen molar-refractivity contribution in [2.75, 3.05) is 6.61 Å². The Balaban J connectivity index is 2.04. The van der Waals surface area contributed by atoms with Gasteiger partial charge in [0.25, 0.3) is 5.91 Å². The summed E-state index contributed by atoms with van der Waals surface area (Å²) in [6.45, 7) is 0.407. The van der Waals surface area contributed by atoms with E-state index in [4.69, 9.17) is 15.7 Å². The molecule has 0 aromatic heterocycles. The number of hydrazine groups is 1. The predicted octanol–water partition coefficient (Wildman–Crippen LogP) is 1.40. The number of nitrogen functional groups attached to an aromatic ring is 1. The van der Waals surface area contributed by atoms with Gasteiger partial charge in [0, 0.05) is 17.7 Å². The molecular weight excluding hydrogens is 268 g/mol. The molecule has 0 aliphatic carbocycles. The fourth-order valence-corrected chi connectivity index (χ4v) is 1.99. The molecule has 0 aliphatic heterocycles. The molecule has 0 unspecified atom stereocenters. The van der Waals surface area contributed by atoms with E-state index >= 15 is 0 Å². The normalized spacial score (nSPS) is 10.2. The van der Waals surface area contributed by atoms with E-state index in [1.807, 2.05) is 36.4 Å². The molecule has 0 saturated carbocycles. The van der Waals surface area contributed by atoms with Crippen LogP contribution >= 0.6 is 0 Å². The summed E-state index contributed by atoms with van der Waals surface area (Å²) in [5.74, 6) is 5.53. The molecule has 0 saturated heterocycles. The third-order valence-corrected chi connectivity index (χ3v) is 3.11. The summed E-state index contributed by atoms with van der Waals surface area (Å²) >= 11 is 0. The molecule has 110 valence electrons. The van der Waals surface area contributed by atoms with Crippen molar-refractivity contribution in [3.63, 3.8) is 0 Å². The number of benzene rings is 2. The molecule has 21 heavy (non-hydrogen) atoms. The highest BCUT2D eigenvalue weighted by Crippen LogP contribution is 2.16. The molecule has 0 bridgehead atoms. The molecule has 5 nitrogen and oxygen atoms in total. The second-order valence-corrected chi connectivity index (χ2v) is 4.54. The maximum atomic E-state index is 11.6. The van der Waals surface area contributed by atoms with Crippen LogP contribution in [0, 0.1) is 0 Å². The molecule has 5 heteroatoms. The minimum atomic E-state index is -0.340. The van der Waals surface area contributed by atoms with Crippen molar-refractivity contribution in [1.29, 1.82) is 0 Å². The fourth-order valence-electron chi connectivity index (χ4n) is 1.99. The summed E-state index contributed by atoms with van der Waals surface area (Å²) in [5.41, 5.74) is 4.43. The monoisotopic (exact) mass is 286 g/mol. The average molecular weight is 286 g/mol. The maximum absolute atomic E-state index is 11.6. The van der Waals surface area contributed by atoms with Gasteiger partial charge in [-0.1, -0.05) is 30.3 Å². The van der Waals surface area contributed by atoms with Gasteiger partial charge in [-0.05, 0) is 30.2 Å². The Labute approximate surface area is 123 Å². The van der Waals surface area contributed by atoms with Crippen molar-refractivity contribution < 1.29 is 14.6 Å². The fraction of sp³-hybridized carbons (Fsp3) is 0.188. The van der Waals surface area contributed by atoms with Gasteiger partial charge in [0.2, 0.25) is 0 Å². The number of aliphatic hydroxyl groups excluding tert-OH is 1. The van der Waals surface area contributed by atoms with Crippen LogP contribution in [-0.2, 0) is 13.0 Å². The third kappa shape index (κ3) is 4.05. The van der Waals surface area contributed by atoms with Crippen LogP contribution in [0.5, 0.6) is 5.75 Å². The third-order valence-electron chi connectivity index (χ3n) is 3.11. The van der Waals surface area contributed by atoms with Crippen molar-refractivity contribution in [3.8, 4) is 5.75 Å². The first kappa shape index (κ1) is 15.0. The number of hydrogen-bond donors (Lipinski definition) is 3. The Bertz CT molecular complexity index is 597. The average Bonchev–Trinajstić information content (AvgIpc) is 2.54. The van der Waals surface area contributed by atoms with E-state index in [0.717, 1.165) is 11.1 Å². The van der Waals surface area contributed by atoms with E-state index in [-0.39, 0.29) is 19.1 Å². The Morgan fingerprint density at radius 3 is 2.52 bits per heavy atom. The molecule has 0 aliphatic rings. The zero-order valence-electron chi connectivity index (χ0n) is 11.6. The minimum absolute atomic E-state index is 0.127. The lowest BCUT2D eigenvalue weighted by molar-refractivity contribution is 0.0951. The van der Waals surface area contributed by atoms with Crippen LogP contribution in [0.2, 0.25) is 0 Å². The van der Waals surface area contributed by atoms with Crippen LogP contribution in [0.4, 0.5) is 0 Å². The standard InChI is InChI=1S/C16H18N2O3/c17-18-16(20)15-4-2-1-3-13(15)11-21-14-7-5-12(6-8-14)9-10-19/h1-8,19H,9-11,17H2,(H,18,20). The zero-order chi connectivity index (χ0) is 15.1. The van der Waals surface area contributed by atoms with E-state index < -0.39 is 0 Å². The second kappa shape index (κ2) is 7.42. The van der Waals surface area contributed by atoms with Crippen LogP contribution in [-0.4, -0.2) is 17.6 Å². The lowest BCUT2D eigenvalue weighted by Crippen LogP contribution is -2.30. The largest absolute Gasteiger partial charge is 0.489 e. The number of ether oxygens (including phenoxy) is 1. The summed E-state index contributed by atoms with van der Waals surface area (Å²) in [6.07, 6.45) is 0.625. The Morgan fingerprint density at radius 1 is 1.14 bits per heavy atom. The van der Waals surface area contributed by atoms with Crippen LogP contribution in [0.25, 0.3) is 0 Å². The first-order valence-electron chi connectivity index (χ1n) is 6.66. The van der Waals surface area contributed by atoms with Crippen molar-refractivity contribution in [1.82, 2.24) is 5.43 Å². The first-order valence-corrected chi connectivity index (χ1v) is 6.66. The van der Waals surface area contributed by atoms with Crippen molar-refractivity contribution in [3.05, 3.63) is 65.2 Å². The molecule has 0 atom stereocenters. The number of hydrogen-bond acceptors (Lipinski definition) is 4. The number of nitrogens with one attached hydrogen (secondary N) is 1. The summed E-state index contributed by atoms with van der Waals surface area (Å²) in [7, 11) is 0. The van der Waals surface area contributed by atoms with Gasteiger partial charge in [0.15, 0.2) is 0 Å². The van der Waals surface area contributed by atoms with Crippen molar-refractivity contribution in [2.45, 2.75) is 13.0 Å². The van der Waals surface area contributed by atoms with Gasteiger partial charge in [0.1, 0.15) is 12.4 Å². The van der Waals surface area contributed by atoms with Crippen molar-refractivity contribution >= 4 is 5.91 Å². The number of carbonyl (C=O) groups is 1. The van der Waals surface area contributed by atoms with E-state index in [9.17, 15) is 4.79 Å². The van der Waals surface area contributed by atoms with Gasteiger partial charge in [-0.15, -0.1) is 0 Å². The highest BCUT2D eigenvalue weighted by Gasteiger charge is 2.09. The smallest absolute Gasteiger partial charge is 0.265 e. The lowest BCUT2D eigenvalue weighted by Gasteiger charge is -2.10. The van der Waals surface area contributed by atoms with E-state index in [0.29, 0.717) is 17.7 Å². The predicted molar refractivity (Wildman–Crippen MR) is 79.7 cm³/mol. The number of carbonyl (C=O) groups excluding carboxylic acids is 1. The molecule has 0 radical (unpaired) electrons. The van der Waals surface area contributed by atoms with Crippen LogP contribution in [0.1, 0.15) is 21.5 Å². The van der Waals surface area contributed by atoms with Gasteiger partial charge in [0.05, 0.1) is 0 Å².